The van der Waals surface area contributed by atoms with Crippen molar-refractivity contribution >= 4 is 5.91 Å². The maximum Gasteiger partial charge on any atom is 0.225 e. The van der Waals surface area contributed by atoms with Crippen molar-refractivity contribution in [3.8, 4) is 0 Å². The van der Waals surface area contributed by atoms with Gasteiger partial charge in [-0.15, -0.1) is 0 Å². The maximum absolute atomic E-state index is 11.9. The van der Waals surface area contributed by atoms with Crippen molar-refractivity contribution < 1.29 is 9.28 Å². The van der Waals surface area contributed by atoms with E-state index in [1.54, 1.807) is 0 Å². The molecule has 1 amide bonds. The van der Waals surface area contributed by atoms with Crippen LogP contribution >= 0.6 is 0 Å². The number of hydrogen-bond donors (Lipinski definition) is 1. The Kier molecular flexibility index (Phi) is 4.97. The summed E-state index contributed by atoms with van der Waals surface area (Å²) in [5.74, 6) is 0.175. The van der Waals surface area contributed by atoms with Crippen LogP contribution in [0.5, 0.6) is 0 Å². The Hall–Kier alpha value is -1.35. The Morgan fingerprint density at radius 1 is 1.16 bits per heavy atom. The number of carbonyl (C=O) groups is 1. The van der Waals surface area contributed by atoms with E-state index in [0.29, 0.717) is 13.0 Å². The molecule has 1 aliphatic heterocycles. The fourth-order valence-electron chi connectivity index (χ4n) is 2.76. The summed E-state index contributed by atoms with van der Waals surface area (Å²) in [4.78, 5) is 11.9. The zero-order chi connectivity index (χ0) is 13.6. The van der Waals surface area contributed by atoms with Gasteiger partial charge in [-0.25, -0.2) is 0 Å². The molecule has 0 saturated carbocycles. The third-order valence-electron chi connectivity index (χ3n) is 4.11. The molecule has 1 aliphatic rings. The van der Waals surface area contributed by atoms with E-state index < -0.39 is 0 Å². The van der Waals surface area contributed by atoms with E-state index in [0.717, 1.165) is 16.6 Å². The summed E-state index contributed by atoms with van der Waals surface area (Å²) in [6.07, 6.45) is 4.61. The number of quaternary nitrogens is 1. The maximum atomic E-state index is 11.9. The summed E-state index contributed by atoms with van der Waals surface area (Å²) >= 11 is 0. The first-order valence-electron chi connectivity index (χ1n) is 7.32. The van der Waals surface area contributed by atoms with Crippen LogP contribution in [0.3, 0.4) is 0 Å². The van der Waals surface area contributed by atoms with Crippen molar-refractivity contribution in [1.82, 2.24) is 5.32 Å². The van der Waals surface area contributed by atoms with Gasteiger partial charge in [-0.3, -0.25) is 4.79 Å². The number of hydrogen-bond acceptors (Lipinski definition) is 1. The monoisotopic (exact) mass is 261 g/mol. The van der Waals surface area contributed by atoms with E-state index in [2.05, 4.69) is 12.4 Å². The number of amides is 1. The molecule has 0 aromatic heterocycles. The Morgan fingerprint density at radius 2 is 1.84 bits per heavy atom. The van der Waals surface area contributed by atoms with Crippen molar-refractivity contribution in [3.63, 3.8) is 0 Å². The predicted octanol–water partition coefficient (Wildman–Crippen LogP) is 2.32. The average Bonchev–Trinajstić information content (AvgIpc) is 2.45. The smallest absolute Gasteiger partial charge is 0.225 e. The standard InChI is InChI=1S/C16H24N2O/c1-18(11-6-3-7-12-18)13-10-16(19)17-14-15-8-4-2-5-9-15/h2,4-5,8-9H,3,6-7,10-14H2,1H3/p+1. The normalized spacial score (nSPS) is 17.9. The largest absolute Gasteiger partial charge is 0.352 e. The lowest BCUT2D eigenvalue weighted by atomic mass is 10.1. The van der Waals surface area contributed by atoms with E-state index in [9.17, 15) is 4.79 Å². The van der Waals surface area contributed by atoms with Crippen LogP contribution in [0.25, 0.3) is 0 Å². The highest BCUT2D eigenvalue weighted by Crippen LogP contribution is 2.16. The van der Waals surface area contributed by atoms with Gasteiger partial charge >= 0.3 is 0 Å². The highest BCUT2D eigenvalue weighted by atomic mass is 16.1. The number of rotatable bonds is 5. The van der Waals surface area contributed by atoms with Crippen LogP contribution in [0.2, 0.25) is 0 Å². The lowest BCUT2D eigenvalue weighted by molar-refractivity contribution is -0.913. The molecule has 1 fully saturated rings. The third-order valence-corrected chi connectivity index (χ3v) is 4.11. The topological polar surface area (TPSA) is 29.1 Å². The summed E-state index contributed by atoms with van der Waals surface area (Å²) < 4.78 is 1.07. The summed E-state index contributed by atoms with van der Waals surface area (Å²) in [5.41, 5.74) is 1.16. The van der Waals surface area contributed by atoms with E-state index >= 15 is 0 Å². The van der Waals surface area contributed by atoms with Crippen LogP contribution in [0, 0.1) is 0 Å². The molecule has 3 nitrogen and oxygen atoms in total. The molecule has 104 valence electrons. The number of piperidine rings is 1. The third kappa shape index (κ3) is 4.67. The number of benzene rings is 1. The van der Waals surface area contributed by atoms with Gasteiger partial charge in [0.25, 0.3) is 0 Å². The van der Waals surface area contributed by atoms with Crippen molar-refractivity contribution in [2.24, 2.45) is 0 Å². The minimum atomic E-state index is 0.175. The zero-order valence-corrected chi connectivity index (χ0v) is 11.9. The Morgan fingerprint density at radius 3 is 2.53 bits per heavy atom. The number of nitrogens with zero attached hydrogens (tertiary/aromatic N) is 1. The van der Waals surface area contributed by atoms with Crippen molar-refractivity contribution in [2.45, 2.75) is 32.2 Å². The lowest BCUT2D eigenvalue weighted by Gasteiger charge is -2.37. The molecule has 0 aliphatic carbocycles. The number of nitrogens with one attached hydrogen (secondary N) is 1. The summed E-state index contributed by atoms with van der Waals surface area (Å²) in [7, 11) is 2.28. The molecule has 0 bridgehead atoms. The molecule has 0 spiro atoms. The fourth-order valence-corrected chi connectivity index (χ4v) is 2.76. The summed E-state index contributed by atoms with van der Waals surface area (Å²) in [6.45, 7) is 4.07. The van der Waals surface area contributed by atoms with E-state index in [-0.39, 0.29) is 5.91 Å². The van der Waals surface area contributed by atoms with Crippen LogP contribution in [0.1, 0.15) is 31.2 Å². The average molecular weight is 261 g/mol. The minimum absolute atomic E-state index is 0.175. The molecule has 19 heavy (non-hydrogen) atoms. The first-order valence-corrected chi connectivity index (χ1v) is 7.32. The predicted molar refractivity (Wildman–Crippen MR) is 77.5 cm³/mol. The molecule has 1 N–H and O–H groups in total. The fraction of sp³-hybridized carbons (Fsp3) is 0.562. The van der Waals surface area contributed by atoms with Crippen LogP contribution < -0.4 is 5.32 Å². The van der Waals surface area contributed by atoms with Gasteiger partial charge in [0.15, 0.2) is 0 Å². The molecule has 0 atom stereocenters. The van der Waals surface area contributed by atoms with E-state index in [4.69, 9.17) is 0 Å². The molecule has 0 unspecified atom stereocenters. The molecule has 2 rings (SSSR count). The molecule has 0 radical (unpaired) electrons. The Labute approximate surface area is 116 Å². The van der Waals surface area contributed by atoms with Crippen LogP contribution in [-0.4, -0.2) is 37.1 Å². The SMILES string of the molecule is C[N+]1(CCC(=O)NCc2ccccc2)CCCCC1. The van der Waals surface area contributed by atoms with Gasteiger partial charge < -0.3 is 9.80 Å². The Bertz CT molecular complexity index is 396. The molecular weight excluding hydrogens is 236 g/mol. The second-order valence-corrected chi connectivity index (χ2v) is 5.86. The zero-order valence-electron chi connectivity index (χ0n) is 11.9. The van der Waals surface area contributed by atoms with E-state index in [1.807, 2.05) is 30.3 Å². The van der Waals surface area contributed by atoms with Gasteiger partial charge in [0.05, 0.1) is 33.1 Å². The first-order chi connectivity index (χ1) is 9.18. The van der Waals surface area contributed by atoms with Gasteiger partial charge in [-0.2, -0.15) is 0 Å². The minimum Gasteiger partial charge on any atom is -0.352 e. The highest BCUT2D eigenvalue weighted by molar-refractivity contribution is 5.75. The van der Waals surface area contributed by atoms with Crippen LogP contribution in [-0.2, 0) is 11.3 Å². The van der Waals surface area contributed by atoms with Gasteiger partial charge in [0, 0.05) is 6.54 Å². The molecule has 1 saturated heterocycles. The first kappa shape index (κ1) is 14.1. The van der Waals surface area contributed by atoms with Crippen LogP contribution in [0.15, 0.2) is 30.3 Å². The molecule has 1 aromatic carbocycles. The van der Waals surface area contributed by atoms with Gasteiger partial charge in [0.2, 0.25) is 5.91 Å². The van der Waals surface area contributed by atoms with Crippen LogP contribution in [0.4, 0.5) is 0 Å². The van der Waals surface area contributed by atoms with Crippen molar-refractivity contribution in [3.05, 3.63) is 35.9 Å². The quantitative estimate of drug-likeness (QED) is 0.810. The second-order valence-electron chi connectivity index (χ2n) is 5.86. The van der Waals surface area contributed by atoms with Crippen molar-refractivity contribution in [2.75, 3.05) is 26.7 Å². The van der Waals surface area contributed by atoms with Crippen molar-refractivity contribution in [1.29, 1.82) is 0 Å². The number of likely N-dealkylation sites (tertiary alicyclic amines) is 1. The summed E-state index contributed by atoms with van der Waals surface area (Å²) in [5, 5.41) is 3.01. The molecule has 3 heteroatoms. The summed E-state index contributed by atoms with van der Waals surface area (Å²) in [6, 6.07) is 10.1. The second kappa shape index (κ2) is 6.71. The molecule has 1 heterocycles. The Balaban J connectivity index is 1.70. The van der Waals surface area contributed by atoms with Gasteiger partial charge in [-0.1, -0.05) is 30.3 Å². The molecule has 1 aromatic rings. The number of carbonyl (C=O) groups excluding carboxylic acids is 1. The highest BCUT2D eigenvalue weighted by Gasteiger charge is 2.25. The van der Waals surface area contributed by atoms with Gasteiger partial charge in [-0.05, 0) is 24.8 Å². The van der Waals surface area contributed by atoms with E-state index in [1.165, 1.54) is 32.4 Å². The lowest BCUT2D eigenvalue weighted by Crippen LogP contribution is -2.49. The molecular formula is C16H25N2O+. The van der Waals surface area contributed by atoms with Gasteiger partial charge in [0.1, 0.15) is 0 Å².